The van der Waals surface area contributed by atoms with E-state index >= 15 is 0 Å². The standard InChI is InChI=1S/C9H11NO4.C4H10O/c1-9(8(13)14)4-2-3-5(6(9)10)7(11)12;1-2-3-4-5/h2-4,6H,10H2,1H3,(H,11,12)(H,13,14);5H,2-4H2,1H3. The highest BCUT2D eigenvalue weighted by molar-refractivity contribution is 5.92. The number of unbranched alkanes of at least 4 members (excludes halogenated alkanes) is 1. The van der Waals surface area contributed by atoms with Crippen LogP contribution in [0.5, 0.6) is 0 Å². The van der Waals surface area contributed by atoms with E-state index in [1.165, 1.54) is 25.2 Å². The number of aliphatic hydroxyl groups excluding tert-OH is 1. The molecule has 0 amide bonds. The highest BCUT2D eigenvalue weighted by Gasteiger charge is 2.42. The number of carboxylic acids is 2. The van der Waals surface area contributed by atoms with Crippen molar-refractivity contribution in [1.82, 2.24) is 0 Å². The second-order valence-corrected chi connectivity index (χ2v) is 4.43. The molecule has 0 aliphatic heterocycles. The molecule has 0 heterocycles. The molecule has 6 heteroatoms. The molecule has 0 aromatic carbocycles. The third kappa shape index (κ3) is 4.50. The molecular weight excluding hydrogens is 250 g/mol. The molecule has 6 nitrogen and oxygen atoms in total. The highest BCUT2D eigenvalue weighted by Crippen LogP contribution is 2.30. The lowest BCUT2D eigenvalue weighted by atomic mass is 9.76. The zero-order valence-electron chi connectivity index (χ0n) is 11.2. The Labute approximate surface area is 112 Å². The zero-order chi connectivity index (χ0) is 15.1. The van der Waals surface area contributed by atoms with Gasteiger partial charge in [0.2, 0.25) is 0 Å². The normalized spacial score (nSPS) is 25.1. The Hall–Kier alpha value is -1.66. The van der Waals surface area contributed by atoms with E-state index in [9.17, 15) is 9.59 Å². The molecule has 2 unspecified atom stereocenters. The lowest BCUT2D eigenvalue weighted by Gasteiger charge is -2.30. The molecule has 0 saturated heterocycles. The van der Waals surface area contributed by atoms with Gasteiger partial charge in [-0.1, -0.05) is 31.6 Å². The first kappa shape index (κ1) is 17.3. The van der Waals surface area contributed by atoms with Gasteiger partial charge in [0, 0.05) is 6.61 Å². The largest absolute Gasteiger partial charge is 0.481 e. The van der Waals surface area contributed by atoms with Gasteiger partial charge in [-0.15, -0.1) is 0 Å². The Morgan fingerprint density at radius 2 is 2.00 bits per heavy atom. The van der Waals surface area contributed by atoms with Crippen LogP contribution in [-0.2, 0) is 9.59 Å². The summed E-state index contributed by atoms with van der Waals surface area (Å²) in [5.41, 5.74) is 4.15. The summed E-state index contributed by atoms with van der Waals surface area (Å²) in [4.78, 5) is 21.6. The fourth-order valence-electron chi connectivity index (χ4n) is 1.45. The fourth-order valence-corrected chi connectivity index (χ4v) is 1.45. The van der Waals surface area contributed by atoms with Gasteiger partial charge in [-0.05, 0) is 13.3 Å². The van der Waals surface area contributed by atoms with Crippen LogP contribution in [0.3, 0.4) is 0 Å². The number of aliphatic hydroxyl groups is 1. The van der Waals surface area contributed by atoms with Gasteiger partial charge in [-0.2, -0.15) is 0 Å². The summed E-state index contributed by atoms with van der Waals surface area (Å²) in [6.45, 7) is 3.79. The van der Waals surface area contributed by atoms with E-state index in [4.69, 9.17) is 21.1 Å². The van der Waals surface area contributed by atoms with Crippen LogP contribution in [0, 0.1) is 5.41 Å². The van der Waals surface area contributed by atoms with Gasteiger partial charge in [-0.25, -0.2) is 4.79 Å². The van der Waals surface area contributed by atoms with Crippen molar-refractivity contribution in [2.24, 2.45) is 11.1 Å². The van der Waals surface area contributed by atoms with E-state index in [0.29, 0.717) is 6.61 Å². The molecule has 0 bridgehead atoms. The van der Waals surface area contributed by atoms with Gasteiger partial charge in [0.05, 0.1) is 11.6 Å². The predicted molar refractivity (Wildman–Crippen MR) is 70.6 cm³/mol. The van der Waals surface area contributed by atoms with Crippen LogP contribution < -0.4 is 5.73 Å². The van der Waals surface area contributed by atoms with Gasteiger partial charge in [0.25, 0.3) is 0 Å². The average molecular weight is 271 g/mol. The molecule has 0 fully saturated rings. The first-order valence-electron chi connectivity index (χ1n) is 6.03. The second-order valence-electron chi connectivity index (χ2n) is 4.43. The zero-order valence-corrected chi connectivity index (χ0v) is 11.2. The number of carboxylic acid groups (broad SMARTS) is 2. The summed E-state index contributed by atoms with van der Waals surface area (Å²) in [6, 6.07) is -1.03. The van der Waals surface area contributed by atoms with E-state index in [-0.39, 0.29) is 5.57 Å². The summed E-state index contributed by atoms with van der Waals surface area (Å²) in [6.07, 6.45) is 6.15. The number of hydrogen-bond acceptors (Lipinski definition) is 4. The molecule has 0 aromatic rings. The van der Waals surface area contributed by atoms with Crippen LogP contribution in [0.15, 0.2) is 23.8 Å². The molecule has 1 rings (SSSR count). The maximum Gasteiger partial charge on any atom is 0.333 e. The van der Waals surface area contributed by atoms with E-state index in [1.54, 1.807) is 0 Å². The van der Waals surface area contributed by atoms with Crippen LogP contribution in [0.2, 0.25) is 0 Å². The van der Waals surface area contributed by atoms with Crippen molar-refractivity contribution in [1.29, 1.82) is 0 Å². The van der Waals surface area contributed by atoms with Crippen molar-refractivity contribution in [3.8, 4) is 0 Å². The Bertz CT molecular complexity index is 386. The van der Waals surface area contributed by atoms with Gasteiger partial charge >= 0.3 is 11.9 Å². The molecule has 0 radical (unpaired) electrons. The number of aliphatic carboxylic acids is 2. The summed E-state index contributed by atoms with van der Waals surface area (Å²) in [5, 5.41) is 25.7. The minimum Gasteiger partial charge on any atom is -0.481 e. The van der Waals surface area contributed by atoms with Gasteiger partial charge in [-0.3, -0.25) is 4.79 Å². The minimum atomic E-state index is -1.34. The smallest absolute Gasteiger partial charge is 0.333 e. The topological polar surface area (TPSA) is 121 Å². The molecule has 0 saturated carbocycles. The Kier molecular flexibility index (Phi) is 7.03. The summed E-state index contributed by atoms with van der Waals surface area (Å²) in [7, 11) is 0. The SMILES string of the molecule is CC1(C(=O)O)C=CC=C(C(=O)O)C1N.CCCCO. The van der Waals surface area contributed by atoms with Crippen LogP contribution in [-0.4, -0.2) is 39.9 Å². The number of hydrogen-bond donors (Lipinski definition) is 4. The minimum absolute atomic E-state index is 0.0857. The van der Waals surface area contributed by atoms with Crippen molar-refractivity contribution in [3.05, 3.63) is 23.8 Å². The quantitative estimate of drug-likeness (QED) is 0.599. The van der Waals surface area contributed by atoms with Crippen molar-refractivity contribution >= 4 is 11.9 Å². The third-order valence-electron chi connectivity index (χ3n) is 2.92. The first-order valence-corrected chi connectivity index (χ1v) is 6.03. The molecule has 19 heavy (non-hydrogen) atoms. The van der Waals surface area contributed by atoms with Crippen LogP contribution in [0.25, 0.3) is 0 Å². The molecule has 0 spiro atoms. The number of allylic oxidation sites excluding steroid dienone is 2. The molecular formula is C13H21NO5. The Morgan fingerprint density at radius 3 is 2.32 bits per heavy atom. The lowest BCUT2D eigenvalue weighted by Crippen LogP contribution is -2.48. The van der Waals surface area contributed by atoms with Crippen LogP contribution in [0.4, 0.5) is 0 Å². The molecule has 108 valence electrons. The average Bonchev–Trinajstić information content (AvgIpc) is 2.34. The van der Waals surface area contributed by atoms with Crippen molar-refractivity contribution in [3.63, 3.8) is 0 Å². The summed E-state index contributed by atoms with van der Waals surface area (Å²) >= 11 is 0. The van der Waals surface area contributed by atoms with Gasteiger partial charge in [0.15, 0.2) is 0 Å². The van der Waals surface area contributed by atoms with Crippen molar-refractivity contribution in [2.45, 2.75) is 32.7 Å². The molecule has 1 aliphatic carbocycles. The number of nitrogens with two attached hydrogens (primary N) is 1. The number of carbonyl (C=O) groups is 2. The molecule has 5 N–H and O–H groups in total. The fraction of sp³-hybridized carbons (Fsp3) is 0.538. The molecule has 2 atom stereocenters. The second kappa shape index (κ2) is 7.70. The number of rotatable bonds is 4. The Morgan fingerprint density at radius 1 is 1.42 bits per heavy atom. The lowest BCUT2D eigenvalue weighted by molar-refractivity contribution is -0.146. The third-order valence-corrected chi connectivity index (χ3v) is 2.92. The monoisotopic (exact) mass is 271 g/mol. The Balaban J connectivity index is 0.000000555. The maximum atomic E-state index is 10.9. The van der Waals surface area contributed by atoms with E-state index in [1.807, 2.05) is 0 Å². The first-order chi connectivity index (χ1) is 8.81. The maximum absolute atomic E-state index is 10.9. The van der Waals surface area contributed by atoms with E-state index in [2.05, 4.69) is 6.92 Å². The van der Waals surface area contributed by atoms with Gasteiger partial charge in [0.1, 0.15) is 5.41 Å². The molecule has 1 aliphatic rings. The van der Waals surface area contributed by atoms with E-state index in [0.717, 1.165) is 12.8 Å². The van der Waals surface area contributed by atoms with E-state index < -0.39 is 23.4 Å². The molecule has 0 aromatic heterocycles. The van der Waals surface area contributed by atoms with Crippen molar-refractivity contribution in [2.75, 3.05) is 6.61 Å². The summed E-state index contributed by atoms with van der Waals surface area (Å²) < 4.78 is 0. The predicted octanol–water partition coefficient (Wildman–Crippen LogP) is 0.764. The van der Waals surface area contributed by atoms with Gasteiger partial charge < -0.3 is 21.1 Å². The summed E-state index contributed by atoms with van der Waals surface area (Å²) in [5.74, 6) is -2.32. The van der Waals surface area contributed by atoms with Crippen LogP contribution in [0.1, 0.15) is 26.7 Å². The highest BCUT2D eigenvalue weighted by atomic mass is 16.4. The van der Waals surface area contributed by atoms with Crippen molar-refractivity contribution < 1.29 is 24.9 Å². The van der Waals surface area contributed by atoms with Crippen LogP contribution >= 0.6 is 0 Å².